The maximum absolute atomic E-state index is 9.29. The molecule has 62 valence electrons. The Morgan fingerprint density at radius 1 is 1.58 bits per heavy atom. The highest BCUT2D eigenvalue weighted by molar-refractivity contribution is 9.10. The van der Waals surface area contributed by atoms with Crippen LogP contribution in [-0.2, 0) is 0 Å². The van der Waals surface area contributed by atoms with Gasteiger partial charge in [-0.2, -0.15) is 0 Å². The van der Waals surface area contributed by atoms with Crippen molar-refractivity contribution in [2.75, 3.05) is 0 Å². The Hall–Kier alpha value is -0.780. The van der Waals surface area contributed by atoms with E-state index in [0.717, 1.165) is 15.6 Å². The number of terminal acetylenes is 1. The summed E-state index contributed by atoms with van der Waals surface area (Å²) in [6.07, 6.45) is 4.27. The number of hydrogen-bond acceptors (Lipinski definition) is 1. The van der Waals surface area contributed by atoms with Crippen LogP contribution in [0.15, 0.2) is 22.7 Å². The summed E-state index contributed by atoms with van der Waals surface area (Å²) in [5.74, 6) is 2.26. The number of aryl methyl sites for hydroxylation is 1. The van der Waals surface area contributed by atoms with Gasteiger partial charge in [0.2, 0.25) is 0 Å². The lowest BCUT2D eigenvalue weighted by molar-refractivity contribution is 0.238. The van der Waals surface area contributed by atoms with Crippen LogP contribution in [0.25, 0.3) is 0 Å². The van der Waals surface area contributed by atoms with E-state index in [1.165, 1.54) is 0 Å². The van der Waals surface area contributed by atoms with E-state index in [4.69, 9.17) is 6.42 Å². The van der Waals surface area contributed by atoms with E-state index in [2.05, 4.69) is 21.9 Å². The lowest BCUT2D eigenvalue weighted by Crippen LogP contribution is -1.93. The highest BCUT2D eigenvalue weighted by atomic mass is 79.9. The van der Waals surface area contributed by atoms with Gasteiger partial charge in [0.15, 0.2) is 0 Å². The number of halogens is 1. The molecule has 0 saturated heterocycles. The number of aliphatic hydroxyl groups is 1. The molecule has 12 heavy (non-hydrogen) atoms. The van der Waals surface area contributed by atoms with E-state index in [1.807, 2.05) is 25.1 Å². The average molecular weight is 225 g/mol. The van der Waals surface area contributed by atoms with Crippen LogP contribution in [0.2, 0.25) is 0 Å². The zero-order chi connectivity index (χ0) is 9.14. The molecule has 0 radical (unpaired) electrons. The van der Waals surface area contributed by atoms with Crippen LogP contribution >= 0.6 is 15.9 Å². The Balaban J connectivity index is 3.06. The van der Waals surface area contributed by atoms with Crippen LogP contribution in [0, 0.1) is 19.3 Å². The molecule has 0 aromatic heterocycles. The summed E-state index contributed by atoms with van der Waals surface area (Å²) in [6, 6.07) is 5.57. The van der Waals surface area contributed by atoms with Crippen LogP contribution in [-0.4, -0.2) is 5.11 Å². The number of benzene rings is 1. The molecule has 1 nitrogen and oxygen atoms in total. The lowest BCUT2D eigenvalue weighted by atomic mass is 10.1. The van der Waals surface area contributed by atoms with E-state index in [0.29, 0.717) is 0 Å². The summed E-state index contributed by atoms with van der Waals surface area (Å²) >= 11 is 3.36. The predicted molar refractivity (Wildman–Crippen MR) is 52.7 cm³/mol. The fourth-order valence-corrected chi connectivity index (χ4v) is 1.27. The zero-order valence-electron chi connectivity index (χ0n) is 6.71. The Kier molecular flexibility index (Phi) is 2.91. The van der Waals surface area contributed by atoms with Crippen LogP contribution in [0.4, 0.5) is 0 Å². The van der Waals surface area contributed by atoms with E-state index in [9.17, 15) is 5.11 Å². The molecular formula is C10H9BrO. The van der Waals surface area contributed by atoms with Crippen LogP contribution in [0.1, 0.15) is 17.2 Å². The Morgan fingerprint density at radius 3 is 2.75 bits per heavy atom. The topological polar surface area (TPSA) is 20.2 Å². The van der Waals surface area contributed by atoms with Crippen molar-refractivity contribution in [3.63, 3.8) is 0 Å². The van der Waals surface area contributed by atoms with Gasteiger partial charge in [0.05, 0.1) is 0 Å². The molecule has 0 aliphatic heterocycles. The second-order valence-electron chi connectivity index (χ2n) is 2.58. The molecule has 1 aromatic carbocycles. The molecule has 1 rings (SSSR count). The van der Waals surface area contributed by atoms with Crippen LogP contribution in [0.5, 0.6) is 0 Å². The van der Waals surface area contributed by atoms with Crippen molar-refractivity contribution in [2.24, 2.45) is 0 Å². The zero-order valence-corrected chi connectivity index (χ0v) is 8.30. The molecule has 0 fully saturated rings. The third kappa shape index (κ3) is 1.88. The predicted octanol–water partition coefficient (Wildman–Crippen LogP) is 2.42. The van der Waals surface area contributed by atoms with Gasteiger partial charge >= 0.3 is 0 Å². The SMILES string of the molecule is C#CC(O)c1ccc(C)c(Br)c1. The largest absolute Gasteiger partial charge is 0.376 e. The third-order valence-corrected chi connectivity index (χ3v) is 2.52. The molecule has 0 saturated carbocycles. The van der Waals surface area contributed by atoms with Gasteiger partial charge in [0.1, 0.15) is 6.10 Å². The second kappa shape index (κ2) is 3.75. The van der Waals surface area contributed by atoms with Crippen molar-refractivity contribution in [3.8, 4) is 12.3 Å². The van der Waals surface area contributed by atoms with Gasteiger partial charge < -0.3 is 5.11 Å². The van der Waals surface area contributed by atoms with Crippen LogP contribution < -0.4 is 0 Å². The molecule has 0 amide bonds. The first kappa shape index (κ1) is 9.31. The van der Waals surface area contributed by atoms with E-state index in [1.54, 1.807) is 0 Å². The highest BCUT2D eigenvalue weighted by Gasteiger charge is 2.04. The summed E-state index contributed by atoms with van der Waals surface area (Å²) in [7, 11) is 0. The first-order chi connectivity index (χ1) is 5.65. The molecule has 1 unspecified atom stereocenters. The van der Waals surface area contributed by atoms with Gasteiger partial charge in [0, 0.05) is 4.47 Å². The molecular weight excluding hydrogens is 216 g/mol. The maximum atomic E-state index is 9.29. The summed E-state index contributed by atoms with van der Waals surface area (Å²) in [4.78, 5) is 0. The van der Waals surface area contributed by atoms with Gasteiger partial charge in [-0.15, -0.1) is 6.42 Å². The summed E-state index contributed by atoms with van der Waals surface area (Å²) in [5, 5.41) is 9.29. The smallest absolute Gasteiger partial charge is 0.140 e. The Morgan fingerprint density at radius 2 is 2.25 bits per heavy atom. The minimum absolute atomic E-state index is 0.745. The minimum atomic E-state index is -0.804. The van der Waals surface area contributed by atoms with Crippen molar-refractivity contribution >= 4 is 15.9 Å². The van der Waals surface area contributed by atoms with E-state index >= 15 is 0 Å². The molecule has 0 aliphatic rings. The van der Waals surface area contributed by atoms with Gasteiger partial charge in [-0.1, -0.05) is 34.0 Å². The monoisotopic (exact) mass is 224 g/mol. The molecule has 0 spiro atoms. The van der Waals surface area contributed by atoms with Gasteiger partial charge in [-0.3, -0.25) is 0 Å². The van der Waals surface area contributed by atoms with Gasteiger partial charge in [0.25, 0.3) is 0 Å². The Labute approximate surface area is 80.6 Å². The summed E-state index contributed by atoms with van der Waals surface area (Å²) in [5.41, 5.74) is 1.87. The summed E-state index contributed by atoms with van der Waals surface area (Å²) in [6.45, 7) is 1.98. The fourth-order valence-electron chi connectivity index (χ4n) is 0.875. The molecule has 1 aromatic rings. The highest BCUT2D eigenvalue weighted by Crippen LogP contribution is 2.21. The van der Waals surface area contributed by atoms with E-state index < -0.39 is 6.10 Å². The summed E-state index contributed by atoms with van der Waals surface area (Å²) < 4.78 is 0.967. The first-order valence-corrected chi connectivity index (χ1v) is 4.34. The maximum Gasteiger partial charge on any atom is 0.140 e. The quantitative estimate of drug-likeness (QED) is 0.727. The van der Waals surface area contributed by atoms with Gasteiger partial charge in [-0.05, 0) is 24.1 Å². The molecule has 0 heterocycles. The standard InChI is InChI=1S/C10H9BrO/c1-3-10(12)8-5-4-7(2)9(11)6-8/h1,4-6,10,12H,2H3. The molecule has 0 aliphatic carbocycles. The van der Waals surface area contributed by atoms with Crippen LogP contribution in [0.3, 0.4) is 0 Å². The van der Waals surface area contributed by atoms with Crippen molar-refractivity contribution in [1.82, 2.24) is 0 Å². The molecule has 0 bridgehead atoms. The third-order valence-electron chi connectivity index (χ3n) is 1.67. The average Bonchev–Trinajstić information content (AvgIpc) is 2.08. The normalized spacial score (nSPS) is 12.2. The molecule has 1 N–H and O–H groups in total. The lowest BCUT2D eigenvalue weighted by Gasteiger charge is -2.05. The number of rotatable bonds is 1. The first-order valence-electron chi connectivity index (χ1n) is 3.55. The number of hydrogen-bond donors (Lipinski definition) is 1. The van der Waals surface area contributed by atoms with Crippen molar-refractivity contribution < 1.29 is 5.11 Å². The second-order valence-corrected chi connectivity index (χ2v) is 3.43. The molecule has 1 atom stereocenters. The minimum Gasteiger partial charge on any atom is -0.376 e. The number of aliphatic hydroxyl groups excluding tert-OH is 1. The van der Waals surface area contributed by atoms with Crippen molar-refractivity contribution in [1.29, 1.82) is 0 Å². The van der Waals surface area contributed by atoms with E-state index in [-0.39, 0.29) is 0 Å². The molecule has 2 heteroatoms. The van der Waals surface area contributed by atoms with Gasteiger partial charge in [-0.25, -0.2) is 0 Å². The van der Waals surface area contributed by atoms with Crippen molar-refractivity contribution in [3.05, 3.63) is 33.8 Å². The Bertz CT molecular complexity index is 325. The van der Waals surface area contributed by atoms with Crippen molar-refractivity contribution in [2.45, 2.75) is 13.0 Å². The fraction of sp³-hybridized carbons (Fsp3) is 0.200.